The Morgan fingerprint density at radius 1 is 1.17 bits per heavy atom. The Labute approximate surface area is 141 Å². The number of pyridine rings is 1. The molecule has 3 nitrogen and oxygen atoms in total. The van der Waals surface area contributed by atoms with Crippen molar-refractivity contribution < 1.29 is 4.39 Å². The highest BCUT2D eigenvalue weighted by Gasteiger charge is 2.24. The minimum atomic E-state index is -0.217. The Morgan fingerprint density at radius 2 is 1.92 bits per heavy atom. The number of anilines is 1. The van der Waals surface area contributed by atoms with Crippen LogP contribution >= 0.6 is 0 Å². The summed E-state index contributed by atoms with van der Waals surface area (Å²) >= 11 is 0. The van der Waals surface area contributed by atoms with Gasteiger partial charge in [0.15, 0.2) is 0 Å². The Hall–Kier alpha value is -2.36. The molecule has 4 rings (SSSR count). The van der Waals surface area contributed by atoms with Crippen LogP contribution < -0.4 is 5.32 Å². The molecule has 0 radical (unpaired) electrons. The van der Waals surface area contributed by atoms with Crippen LogP contribution in [0.25, 0.3) is 10.9 Å². The van der Waals surface area contributed by atoms with Crippen LogP contribution in [0.3, 0.4) is 0 Å². The average molecular weight is 323 g/mol. The van der Waals surface area contributed by atoms with E-state index in [0.29, 0.717) is 6.54 Å². The van der Waals surface area contributed by atoms with Crippen molar-refractivity contribution >= 4 is 16.6 Å². The summed E-state index contributed by atoms with van der Waals surface area (Å²) in [5.74, 6) is 0.599. The zero-order chi connectivity index (χ0) is 16.7. The molecule has 0 bridgehead atoms. The van der Waals surface area contributed by atoms with Gasteiger partial charge in [-0.15, -0.1) is 0 Å². The fourth-order valence-electron chi connectivity index (χ4n) is 3.34. The molecule has 1 aliphatic rings. The van der Waals surface area contributed by atoms with E-state index in [1.165, 1.54) is 47.1 Å². The maximum absolute atomic E-state index is 13.0. The lowest BCUT2D eigenvalue weighted by atomic mass is 10.1. The maximum Gasteiger partial charge on any atom is 0.123 e. The van der Waals surface area contributed by atoms with Gasteiger partial charge in [0.1, 0.15) is 5.82 Å². The average Bonchev–Trinajstić information content (AvgIpc) is 3.38. The fraction of sp³-hybridized carbons (Fsp3) is 0.350. The lowest BCUT2D eigenvalue weighted by Crippen LogP contribution is -2.07. The van der Waals surface area contributed by atoms with Gasteiger partial charge in [-0.05, 0) is 68.5 Å². The first kappa shape index (κ1) is 15.2. The Kier molecular flexibility index (Phi) is 3.75. The van der Waals surface area contributed by atoms with Crippen LogP contribution in [0, 0.1) is 25.6 Å². The highest BCUT2D eigenvalue weighted by atomic mass is 19.1. The van der Waals surface area contributed by atoms with Crippen LogP contribution in [0.4, 0.5) is 10.1 Å². The summed E-state index contributed by atoms with van der Waals surface area (Å²) in [6.45, 7) is 6.12. The molecule has 0 spiro atoms. The van der Waals surface area contributed by atoms with E-state index in [-0.39, 0.29) is 5.82 Å². The maximum atomic E-state index is 13.0. The van der Waals surface area contributed by atoms with Crippen LogP contribution in [-0.2, 0) is 13.1 Å². The van der Waals surface area contributed by atoms with E-state index in [1.54, 1.807) is 12.1 Å². The first-order chi connectivity index (χ1) is 11.6. The molecular formula is C20H22FN3. The van der Waals surface area contributed by atoms with Gasteiger partial charge in [-0.2, -0.15) is 0 Å². The molecule has 3 aromatic rings. The molecular weight excluding hydrogens is 301 g/mol. The highest BCUT2D eigenvalue weighted by molar-refractivity contribution is 5.87. The predicted molar refractivity (Wildman–Crippen MR) is 95.7 cm³/mol. The summed E-state index contributed by atoms with van der Waals surface area (Å²) in [6.07, 6.45) is 4.56. The Balaban J connectivity index is 1.69. The lowest BCUT2D eigenvalue weighted by Gasteiger charge is -2.12. The molecule has 0 atom stereocenters. The molecule has 1 saturated carbocycles. The number of halogens is 1. The number of aryl methyl sites for hydroxylation is 1. The van der Waals surface area contributed by atoms with E-state index < -0.39 is 0 Å². The minimum Gasteiger partial charge on any atom is -0.379 e. The van der Waals surface area contributed by atoms with E-state index >= 15 is 0 Å². The normalized spacial score (nSPS) is 14.3. The molecule has 4 heteroatoms. The van der Waals surface area contributed by atoms with E-state index in [1.807, 2.05) is 6.20 Å². The van der Waals surface area contributed by atoms with Gasteiger partial charge in [-0.25, -0.2) is 4.39 Å². The van der Waals surface area contributed by atoms with Gasteiger partial charge in [-0.1, -0.05) is 0 Å². The molecule has 0 amide bonds. The zero-order valence-corrected chi connectivity index (χ0v) is 14.1. The summed E-state index contributed by atoms with van der Waals surface area (Å²) < 4.78 is 15.5. The van der Waals surface area contributed by atoms with Crippen molar-refractivity contribution in [3.63, 3.8) is 0 Å². The lowest BCUT2D eigenvalue weighted by molar-refractivity contribution is 0.628. The van der Waals surface area contributed by atoms with Crippen LogP contribution in [0.5, 0.6) is 0 Å². The number of hydrogen-bond donors (Lipinski definition) is 1. The molecule has 0 saturated heterocycles. The van der Waals surface area contributed by atoms with Crippen LogP contribution in [-0.4, -0.2) is 9.55 Å². The molecule has 1 aliphatic carbocycles. The van der Waals surface area contributed by atoms with Gasteiger partial charge < -0.3 is 9.88 Å². The number of nitrogens with one attached hydrogen (secondary N) is 1. The molecule has 2 aromatic heterocycles. The van der Waals surface area contributed by atoms with Crippen molar-refractivity contribution in [2.24, 2.45) is 5.92 Å². The number of rotatable bonds is 5. The SMILES string of the molecule is Cc1c(C)n(CC2CC2)c2c(CNc3ccc(F)cc3)nccc12. The van der Waals surface area contributed by atoms with Gasteiger partial charge in [0.2, 0.25) is 0 Å². The molecule has 0 aliphatic heterocycles. The van der Waals surface area contributed by atoms with Crippen molar-refractivity contribution in [1.29, 1.82) is 0 Å². The minimum absolute atomic E-state index is 0.217. The smallest absolute Gasteiger partial charge is 0.123 e. The third kappa shape index (κ3) is 2.77. The summed E-state index contributed by atoms with van der Waals surface area (Å²) in [4.78, 5) is 4.62. The van der Waals surface area contributed by atoms with Gasteiger partial charge in [0, 0.05) is 29.5 Å². The first-order valence-corrected chi connectivity index (χ1v) is 8.56. The van der Waals surface area contributed by atoms with Gasteiger partial charge in [0.25, 0.3) is 0 Å². The van der Waals surface area contributed by atoms with E-state index in [9.17, 15) is 4.39 Å². The van der Waals surface area contributed by atoms with Crippen molar-refractivity contribution in [3.8, 4) is 0 Å². The molecule has 0 unspecified atom stereocenters. The summed E-state index contributed by atoms with van der Waals surface area (Å²) in [7, 11) is 0. The third-order valence-electron chi connectivity index (χ3n) is 5.06. The summed E-state index contributed by atoms with van der Waals surface area (Å²) in [5.41, 5.74) is 5.88. The number of nitrogens with zero attached hydrogens (tertiary/aromatic N) is 2. The largest absolute Gasteiger partial charge is 0.379 e. The van der Waals surface area contributed by atoms with Gasteiger partial charge in [0.05, 0.1) is 17.8 Å². The predicted octanol–water partition coefficient (Wildman–Crippen LogP) is 4.81. The highest BCUT2D eigenvalue weighted by Crippen LogP contribution is 2.35. The summed E-state index contributed by atoms with van der Waals surface area (Å²) in [5, 5.41) is 4.65. The van der Waals surface area contributed by atoms with Gasteiger partial charge >= 0.3 is 0 Å². The number of fused-ring (bicyclic) bond motifs is 1. The zero-order valence-electron chi connectivity index (χ0n) is 14.1. The molecule has 1 N–H and O–H groups in total. The van der Waals surface area contributed by atoms with Crippen molar-refractivity contribution in [2.75, 3.05) is 5.32 Å². The standard InChI is InChI=1S/C20H22FN3/c1-13-14(2)24(12-15-3-4-15)20-18(13)9-10-22-19(20)11-23-17-7-5-16(21)6-8-17/h5-10,15,23H,3-4,11-12H2,1-2H3. The molecule has 24 heavy (non-hydrogen) atoms. The topological polar surface area (TPSA) is 29.9 Å². The first-order valence-electron chi connectivity index (χ1n) is 8.56. The molecule has 1 aromatic carbocycles. The number of benzene rings is 1. The summed E-state index contributed by atoms with van der Waals surface area (Å²) in [6, 6.07) is 8.58. The molecule has 2 heterocycles. The monoisotopic (exact) mass is 323 g/mol. The Morgan fingerprint density at radius 3 is 2.62 bits per heavy atom. The van der Waals surface area contributed by atoms with E-state index in [2.05, 4.69) is 34.8 Å². The second kappa shape index (κ2) is 5.93. The number of aromatic nitrogens is 2. The van der Waals surface area contributed by atoms with Gasteiger partial charge in [-0.3, -0.25) is 4.98 Å². The molecule has 124 valence electrons. The van der Waals surface area contributed by atoms with E-state index in [0.717, 1.165) is 23.8 Å². The van der Waals surface area contributed by atoms with Crippen LogP contribution in [0.1, 0.15) is 29.8 Å². The Bertz CT molecular complexity index is 876. The van der Waals surface area contributed by atoms with E-state index in [4.69, 9.17) is 0 Å². The number of hydrogen-bond acceptors (Lipinski definition) is 2. The van der Waals surface area contributed by atoms with Crippen molar-refractivity contribution in [2.45, 2.75) is 39.8 Å². The van der Waals surface area contributed by atoms with Crippen molar-refractivity contribution in [1.82, 2.24) is 9.55 Å². The second-order valence-corrected chi connectivity index (χ2v) is 6.78. The van der Waals surface area contributed by atoms with Crippen molar-refractivity contribution in [3.05, 3.63) is 59.3 Å². The molecule has 1 fully saturated rings. The van der Waals surface area contributed by atoms with Crippen LogP contribution in [0.15, 0.2) is 36.5 Å². The fourth-order valence-corrected chi connectivity index (χ4v) is 3.34. The quantitative estimate of drug-likeness (QED) is 0.730. The third-order valence-corrected chi connectivity index (χ3v) is 5.06. The second-order valence-electron chi connectivity index (χ2n) is 6.78. The van der Waals surface area contributed by atoms with Crippen LogP contribution in [0.2, 0.25) is 0 Å².